The van der Waals surface area contributed by atoms with Gasteiger partial charge in [0.15, 0.2) is 5.96 Å². The number of aliphatic imine (C=N–C) groups is 1. The average Bonchev–Trinajstić information content (AvgIpc) is 3.09. The van der Waals surface area contributed by atoms with Gasteiger partial charge in [-0.2, -0.15) is 5.10 Å². The molecule has 5 heteroatoms. The van der Waals surface area contributed by atoms with Gasteiger partial charge in [-0.15, -0.1) is 0 Å². The molecule has 1 aromatic heterocycles. The Hall–Kier alpha value is -2.30. The van der Waals surface area contributed by atoms with Crippen LogP contribution in [0.25, 0.3) is 5.69 Å². The van der Waals surface area contributed by atoms with Crippen LogP contribution in [0.5, 0.6) is 0 Å². The van der Waals surface area contributed by atoms with Crippen LogP contribution in [0.4, 0.5) is 0 Å². The zero-order valence-corrected chi connectivity index (χ0v) is 14.3. The molecule has 2 N–H and O–H groups in total. The summed E-state index contributed by atoms with van der Waals surface area (Å²) in [6.07, 6.45) is 6.12. The standard InChI is InChI=1S/C18H27N5/c1-15(2)6-4-11-20-18(19-3)21-14-16-7-9-17(10-8-16)23-13-5-12-22-23/h5,7-10,12-13,15H,4,6,11,14H2,1-3H3,(H2,19,20,21). The van der Waals surface area contributed by atoms with Gasteiger partial charge in [0.1, 0.15) is 0 Å². The molecular weight excluding hydrogens is 286 g/mol. The summed E-state index contributed by atoms with van der Waals surface area (Å²) in [5.74, 6) is 1.60. The lowest BCUT2D eigenvalue weighted by atomic mass is 10.1. The second-order valence-electron chi connectivity index (χ2n) is 6.01. The summed E-state index contributed by atoms with van der Waals surface area (Å²) in [4.78, 5) is 4.26. The van der Waals surface area contributed by atoms with E-state index in [9.17, 15) is 0 Å². The number of aromatic nitrogens is 2. The highest BCUT2D eigenvalue weighted by atomic mass is 15.3. The third kappa shape index (κ3) is 5.77. The summed E-state index contributed by atoms with van der Waals surface area (Å²) in [6.45, 7) is 6.21. The molecule has 2 rings (SSSR count). The predicted octanol–water partition coefficient (Wildman–Crippen LogP) is 2.97. The topological polar surface area (TPSA) is 54.2 Å². The van der Waals surface area contributed by atoms with Crippen LogP contribution in [0, 0.1) is 5.92 Å². The number of rotatable bonds is 7. The minimum Gasteiger partial charge on any atom is -0.356 e. The fraction of sp³-hybridized carbons (Fsp3) is 0.444. The Balaban J connectivity index is 1.78. The molecule has 2 aromatic rings. The van der Waals surface area contributed by atoms with Crippen molar-refractivity contribution < 1.29 is 0 Å². The number of benzene rings is 1. The van der Waals surface area contributed by atoms with E-state index < -0.39 is 0 Å². The molecule has 124 valence electrons. The second-order valence-corrected chi connectivity index (χ2v) is 6.01. The minimum atomic E-state index is 0.750. The first-order valence-electron chi connectivity index (χ1n) is 8.22. The van der Waals surface area contributed by atoms with Crippen molar-refractivity contribution in [3.8, 4) is 5.69 Å². The molecular formula is C18H27N5. The molecule has 0 aliphatic carbocycles. The third-order valence-electron chi connectivity index (χ3n) is 3.64. The fourth-order valence-corrected chi connectivity index (χ4v) is 2.31. The van der Waals surface area contributed by atoms with Crippen LogP contribution in [-0.4, -0.2) is 29.3 Å². The lowest BCUT2D eigenvalue weighted by Crippen LogP contribution is -2.37. The molecule has 23 heavy (non-hydrogen) atoms. The zero-order chi connectivity index (χ0) is 16.5. The van der Waals surface area contributed by atoms with Crippen molar-refractivity contribution in [2.75, 3.05) is 13.6 Å². The van der Waals surface area contributed by atoms with Crippen molar-refractivity contribution in [1.29, 1.82) is 0 Å². The molecule has 0 saturated carbocycles. The molecule has 0 aliphatic rings. The highest BCUT2D eigenvalue weighted by Crippen LogP contribution is 2.08. The maximum atomic E-state index is 4.26. The fourth-order valence-electron chi connectivity index (χ4n) is 2.31. The van der Waals surface area contributed by atoms with Crippen LogP contribution in [0.15, 0.2) is 47.7 Å². The Bertz CT molecular complexity index is 584. The first-order chi connectivity index (χ1) is 11.2. The van der Waals surface area contributed by atoms with Crippen LogP contribution < -0.4 is 10.6 Å². The Labute approximate surface area is 138 Å². The van der Waals surface area contributed by atoms with Crippen molar-refractivity contribution in [1.82, 2.24) is 20.4 Å². The van der Waals surface area contributed by atoms with Gasteiger partial charge in [-0.05, 0) is 42.5 Å². The summed E-state index contributed by atoms with van der Waals surface area (Å²) in [5.41, 5.74) is 2.28. The van der Waals surface area contributed by atoms with E-state index in [1.165, 1.54) is 12.0 Å². The number of nitrogens with one attached hydrogen (secondary N) is 2. The van der Waals surface area contributed by atoms with E-state index in [1.54, 1.807) is 13.2 Å². The molecule has 0 radical (unpaired) electrons. The molecule has 0 spiro atoms. The first kappa shape index (κ1) is 17.1. The van der Waals surface area contributed by atoms with Crippen molar-refractivity contribution in [3.63, 3.8) is 0 Å². The van der Waals surface area contributed by atoms with Gasteiger partial charge >= 0.3 is 0 Å². The van der Waals surface area contributed by atoms with Crippen LogP contribution in [-0.2, 0) is 6.54 Å². The average molecular weight is 313 g/mol. The highest BCUT2D eigenvalue weighted by molar-refractivity contribution is 5.79. The quantitative estimate of drug-likeness (QED) is 0.469. The van der Waals surface area contributed by atoms with Gasteiger partial charge in [0.2, 0.25) is 0 Å². The van der Waals surface area contributed by atoms with Crippen molar-refractivity contribution in [2.45, 2.75) is 33.2 Å². The van der Waals surface area contributed by atoms with E-state index in [2.05, 4.69) is 58.8 Å². The molecule has 0 fully saturated rings. The van der Waals surface area contributed by atoms with Crippen molar-refractivity contribution in [2.24, 2.45) is 10.9 Å². The molecule has 0 aliphatic heterocycles. The molecule has 0 unspecified atom stereocenters. The van der Waals surface area contributed by atoms with Crippen LogP contribution in [0.1, 0.15) is 32.3 Å². The largest absolute Gasteiger partial charge is 0.356 e. The van der Waals surface area contributed by atoms with Crippen LogP contribution in [0.2, 0.25) is 0 Å². The molecule has 1 aromatic carbocycles. The second kappa shape index (κ2) is 8.98. The first-order valence-corrected chi connectivity index (χ1v) is 8.22. The maximum Gasteiger partial charge on any atom is 0.191 e. The molecule has 1 heterocycles. The summed E-state index contributed by atoms with van der Waals surface area (Å²) in [5, 5.41) is 10.9. The summed E-state index contributed by atoms with van der Waals surface area (Å²) >= 11 is 0. The van der Waals surface area contributed by atoms with Gasteiger partial charge in [0, 0.05) is 32.5 Å². The summed E-state index contributed by atoms with van der Waals surface area (Å²) in [7, 11) is 1.80. The number of nitrogens with zero attached hydrogens (tertiary/aromatic N) is 3. The lowest BCUT2D eigenvalue weighted by molar-refractivity contribution is 0.549. The van der Waals surface area contributed by atoms with E-state index in [1.807, 2.05) is 16.9 Å². The van der Waals surface area contributed by atoms with Gasteiger partial charge in [0.25, 0.3) is 0 Å². The Kier molecular flexibility index (Phi) is 6.66. The van der Waals surface area contributed by atoms with Gasteiger partial charge in [-0.25, -0.2) is 4.68 Å². The number of hydrogen-bond donors (Lipinski definition) is 2. The summed E-state index contributed by atoms with van der Waals surface area (Å²) < 4.78 is 1.85. The van der Waals surface area contributed by atoms with E-state index in [0.29, 0.717) is 0 Å². The van der Waals surface area contributed by atoms with Crippen molar-refractivity contribution >= 4 is 5.96 Å². The van der Waals surface area contributed by atoms with E-state index in [0.717, 1.165) is 37.1 Å². The van der Waals surface area contributed by atoms with Crippen molar-refractivity contribution in [3.05, 3.63) is 48.3 Å². The Morgan fingerprint density at radius 1 is 1.22 bits per heavy atom. The third-order valence-corrected chi connectivity index (χ3v) is 3.64. The molecule has 5 nitrogen and oxygen atoms in total. The monoisotopic (exact) mass is 313 g/mol. The van der Waals surface area contributed by atoms with E-state index >= 15 is 0 Å². The highest BCUT2D eigenvalue weighted by Gasteiger charge is 2.00. The SMILES string of the molecule is CN=C(NCCCC(C)C)NCc1ccc(-n2cccn2)cc1. The van der Waals surface area contributed by atoms with Crippen LogP contribution >= 0.6 is 0 Å². The lowest BCUT2D eigenvalue weighted by Gasteiger charge is -2.13. The zero-order valence-electron chi connectivity index (χ0n) is 14.3. The smallest absolute Gasteiger partial charge is 0.191 e. The van der Waals surface area contributed by atoms with E-state index in [-0.39, 0.29) is 0 Å². The molecule has 0 saturated heterocycles. The van der Waals surface area contributed by atoms with Gasteiger partial charge in [0.05, 0.1) is 5.69 Å². The normalized spacial score (nSPS) is 11.7. The molecule has 0 bridgehead atoms. The van der Waals surface area contributed by atoms with Gasteiger partial charge in [-0.1, -0.05) is 26.0 Å². The Morgan fingerprint density at radius 2 is 2.00 bits per heavy atom. The maximum absolute atomic E-state index is 4.26. The predicted molar refractivity (Wildman–Crippen MR) is 95.8 cm³/mol. The van der Waals surface area contributed by atoms with Crippen LogP contribution in [0.3, 0.4) is 0 Å². The summed E-state index contributed by atoms with van der Waals surface area (Å²) in [6, 6.07) is 10.3. The number of hydrogen-bond acceptors (Lipinski definition) is 2. The van der Waals surface area contributed by atoms with E-state index in [4.69, 9.17) is 0 Å². The van der Waals surface area contributed by atoms with Gasteiger partial charge < -0.3 is 10.6 Å². The number of guanidine groups is 1. The minimum absolute atomic E-state index is 0.750. The molecule has 0 atom stereocenters. The molecule has 0 amide bonds. The van der Waals surface area contributed by atoms with Gasteiger partial charge in [-0.3, -0.25) is 4.99 Å². The Morgan fingerprint density at radius 3 is 2.61 bits per heavy atom.